The SMILES string of the molecule is CCCCCCCCCCNC(=O)C(N)COC. The number of hydrogen-bond acceptors (Lipinski definition) is 3. The van der Waals surface area contributed by atoms with Gasteiger partial charge in [-0.15, -0.1) is 0 Å². The van der Waals surface area contributed by atoms with E-state index in [1.165, 1.54) is 44.9 Å². The number of rotatable bonds is 12. The van der Waals surface area contributed by atoms with E-state index in [0.29, 0.717) is 0 Å². The monoisotopic (exact) mass is 258 g/mol. The molecule has 108 valence electrons. The summed E-state index contributed by atoms with van der Waals surface area (Å²) in [6.07, 6.45) is 10.2. The fourth-order valence-corrected chi connectivity index (χ4v) is 1.86. The molecule has 0 aromatic rings. The Bertz CT molecular complexity index is 198. The molecule has 1 atom stereocenters. The first-order valence-corrected chi connectivity index (χ1v) is 7.24. The van der Waals surface area contributed by atoms with Gasteiger partial charge in [0.1, 0.15) is 6.04 Å². The Morgan fingerprint density at radius 3 is 2.22 bits per heavy atom. The molecule has 0 aromatic heterocycles. The molecule has 0 aliphatic rings. The van der Waals surface area contributed by atoms with Crippen molar-refractivity contribution in [2.45, 2.75) is 64.3 Å². The number of nitrogens with two attached hydrogens (primary N) is 1. The normalized spacial score (nSPS) is 12.4. The maximum Gasteiger partial charge on any atom is 0.239 e. The standard InChI is InChI=1S/C14H30N2O2/c1-3-4-5-6-7-8-9-10-11-16-14(17)13(15)12-18-2/h13H,3-12,15H2,1-2H3,(H,16,17). The van der Waals surface area contributed by atoms with Crippen LogP contribution in [0.5, 0.6) is 0 Å². The molecule has 0 spiro atoms. The van der Waals surface area contributed by atoms with Crippen LogP contribution in [0.2, 0.25) is 0 Å². The van der Waals surface area contributed by atoms with E-state index in [-0.39, 0.29) is 12.5 Å². The third-order valence-electron chi connectivity index (χ3n) is 3.01. The van der Waals surface area contributed by atoms with Crippen molar-refractivity contribution in [2.24, 2.45) is 5.73 Å². The predicted octanol–water partition coefficient (Wildman–Crippen LogP) is 2.22. The molecule has 4 nitrogen and oxygen atoms in total. The molecule has 18 heavy (non-hydrogen) atoms. The van der Waals surface area contributed by atoms with Crippen LogP contribution >= 0.6 is 0 Å². The molecule has 3 N–H and O–H groups in total. The Balaban J connectivity index is 3.22. The van der Waals surface area contributed by atoms with Gasteiger partial charge in [0.05, 0.1) is 6.61 Å². The Kier molecular flexibility index (Phi) is 12.4. The third-order valence-corrected chi connectivity index (χ3v) is 3.01. The second-order valence-corrected chi connectivity index (χ2v) is 4.83. The Morgan fingerprint density at radius 1 is 1.11 bits per heavy atom. The van der Waals surface area contributed by atoms with Gasteiger partial charge >= 0.3 is 0 Å². The van der Waals surface area contributed by atoms with E-state index in [1.807, 2.05) is 0 Å². The van der Waals surface area contributed by atoms with Gasteiger partial charge in [0.2, 0.25) is 5.91 Å². The van der Waals surface area contributed by atoms with Crippen molar-refractivity contribution in [1.82, 2.24) is 5.32 Å². The van der Waals surface area contributed by atoms with Crippen LogP contribution < -0.4 is 11.1 Å². The summed E-state index contributed by atoms with van der Waals surface area (Å²) in [6, 6.07) is -0.538. The number of methoxy groups -OCH3 is 1. The Morgan fingerprint density at radius 2 is 1.67 bits per heavy atom. The van der Waals surface area contributed by atoms with Gasteiger partial charge in [0.25, 0.3) is 0 Å². The van der Waals surface area contributed by atoms with Crippen molar-refractivity contribution >= 4 is 5.91 Å². The summed E-state index contributed by atoms with van der Waals surface area (Å²) in [5, 5.41) is 2.83. The lowest BCUT2D eigenvalue weighted by atomic mass is 10.1. The maximum absolute atomic E-state index is 11.4. The molecule has 4 heteroatoms. The minimum atomic E-state index is -0.538. The number of unbranched alkanes of at least 4 members (excludes halogenated alkanes) is 7. The van der Waals surface area contributed by atoms with E-state index >= 15 is 0 Å². The molecule has 0 aromatic carbocycles. The van der Waals surface area contributed by atoms with E-state index in [2.05, 4.69) is 12.2 Å². The zero-order chi connectivity index (χ0) is 13.6. The van der Waals surface area contributed by atoms with Gasteiger partial charge in [-0.1, -0.05) is 51.9 Å². The van der Waals surface area contributed by atoms with Crippen molar-refractivity contribution in [2.75, 3.05) is 20.3 Å². The molecule has 0 aliphatic carbocycles. The van der Waals surface area contributed by atoms with Gasteiger partial charge in [-0.05, 0) is 6.42 Å². The summed E-state index contributed by atoms with van der Waals surface area (Å²) in [4.78, 5) is 11.4. The van der Waals surface area contributed by atoms with Gasteiger partial charge in [-0.3, -0.25) is 4.79 Å². The average Bonchev–Trinajstić information content (AvgIpc) is 2.36. The van der Waals surface area contributed by atoms with Gasteiger partial charge in [0.15, 0.2) is 0 Å². The van der Waals surface area contributed by atoms with Crippen LogP contribution in [-0.4, -0.2) is 32.2 Å². The summed E-state index contributed by atoms with van der Waals surface area (Å²) in [6.45, 7) is 3.24. The fourth-order valence-electron chi connectivity index (χ4n) is 1.86. The third kappa shape index (κ3) is 10.5. The molecular weight excluding hydrogens is 228 g/mol. The minimum absolute atomic E-state index is 0.111. The van der Waals surface area contributed by atoms with E-state index in [1.54, 1.807) is 7.11 Å². The first-order chi connectivity index (χ1) is 8.72. The smallest absolute Gasteiger partial charge is 0.239 e. The molecule has 0 radical (unpaired) electrons. The molecular formula is C14H30N2O2. The summed E-state index contributed by atoms with van der Waals surface area (Å²) in [5.41, 5.74) is 5.60. The fraction of sp³-hybridized carbons (Fsp3) is 0.929. The van der Waals surface area contributed by atoms with E-state index in [4.69, 9.17) is 10.5 Å². The van der Waals surface area contributed by atoms with Crippen LogP contribution in [0.15, 0.2) is 0 Å². The molecule has 1 amide bonds. The lowest BCUT2D eigenvalue weighted by molar-refractivity contribution is -0.123. The number of amides is 1. The van der Waals surface area contributed by atoms with Crippen molar-refractivity contribution in [3.8, 4) is 0 Å². The van der Waals surface area contributed by atoms with Crippen molar-refractivity contribution < 1.29 is 9.53 Å². The van der Waals surface area contributed by atoms with Crippen LogP contribution in [0.1, 0.15) is 58.3 Å². The second kappa shape index (κ2) is 12.8. The summed E-state index contributed by atoms with van der Waals surface area (Å²) < 4.78 is 4.83. The van der Waals surface area contributed by atoms with Gasteiger partial charge in [-0.2, -0.15) is 0 Å². The highest BCUT2D eigenvalue weighted by molar-refractivity contribution is 5.81. The Hall–Kier alpha value is -0.610. The van der Waals surface area contributed by atoms with E-state index in [0.717, 1.165) is 13.0 Å². The highest BCUT2D eigenvalue weighted by Crippen LogP contribution is 2.07. The number of nitrogens with one attached hydrogen (secondary N) is 1. The molecule has 0 aliphatic heterocycles. The molecule has 0 saturated carbocycles. The number of hydrogen-bond donors (Lipinski definition) is 2. The highest BCUT2D eigenvalue weighted by Gasteiger charge is 2.11. The van der Waals surface area contributed by atoms with Crippen molar-refractivity contribution in [1.29, 1.82) is 0 Å². The zero-order valence-corrected chi connectivity index (χ0v) is 12.0. The van der Waals surface area contributed by atoms with E-state index < -0.39 is 6.04 Å². The van der Waals surface area contributed by atoms with E-state index in [9.17, 15) is 4.79 Å². The summed E-state index contributed by atoms with van der Waals surface area (Å²) in [7, 11) is 1.55. The highest BCUT2D eigenvalue weighted by atomic mass is 16.5. The van der Waals surface area contributed by atoms with Crippen LogP contribution in [0, 0.1) is 0 Å². The first kappa shape index (κ1) is 17.4. The van der Waals surface area contributed by atoms with Crippen molar-refractivity contribution in [3.05, 3.63) is 0 Å². The number of carbonyl (C=O) groups is 1. The minimum Gasteiger partial charge on any atom is -0.383 e. The molecule has 0 heterocycles. The summed E-state index contributed by atoms with van der Waals surface area (Å²) >= 11 is 0. The molecule has 0 bridgehead atoms. The first-order valence-electron chi connectivity index (χ1n) is 7.24. The van der Waals surface area contributed by atoms with Gasteiger partial charge in [-0.25, -0.2) is 0 Å². The molecule has 1 unspecified atom stereocenters. The lowest BCUT2D eigenvalue weighted by Crippen LogP contribution is -2.43. The largest absolute Gasteiger partial charge is 0.383 e. The van der Waals surface area contributed by atoms with Crippen LogP contribution in [0.25, 0.3) is 0 Å². The van der Waals surface area contributed by atoms with Crippen LogP contribution in [-0.2, 0) is 9.53 Å². The van der Waals surface area contributed by atoms with Gasteiger partial charge in [0, 0.05) is 13.7 Å². The Labute approximate surface area is 112 Å². The maximum atomic E-state index is 11.4. The lowest BCUT2D eigenvalue weighted by Gasteiger charge is -2.10. The summed E-state index contributed by atoms with van der Waals surface area (Å²) in [5.74, 6) is -0.111. The topological polar surface area (TPSA) is 64.4 Å². The second-order valence-electron chi connectivity index (χ2n) is 4.83. The van der Waals surface area contributed by atoms with Gasteiger partial charge < -0.3 is 15.8 Å². The average molecular weight is 258 g/mol. The predicted molar refractivity (Wildman–Crippen MR) is 75.5 cm³/mol. The quantitative estimate of drug-likeness (QED) is 0.528. The van der Waals surface area contributed by atoms with Crippen LogP contribution in [0.4, 0.5) is 0 Å². The van der Waals surface area contributed by atoms with Crippen molar-refractivity contribution in [3.63, 3.8) is 0 Å². The van der Waals surface area contributed by atoms with Crippen LogP contribution in [0.3, 0.4) is 0 Å². The molecule has 0 fully saturated rings. The zero-order valence-electron chi connectivity index (χ0n) is 12.0. The molecule has 0 rings (SSSR count). The number of carbonyl (C=O) groups excluding carboxylic acids is 1. The number of ether oxygens (including phenoxy) is 1. The molecule has 0 saturated heterocycles.